The third-order valence-corrected chi connectivity index (χ3v) is 4.22. The predicted octanol–water partition coefficient (Wildman–Crippen LogP) is 1.36. The van der Waals surface area contributed by atoms with E-state index in [0.717, 1.165) is 25.4 Å². The summed E-state index contributed by atoms with van der Waals surface area (Å²) in [6.07, 6.45) is 7.19. The normalized spacial score (nSPS) is 33.0. The van der Waals surface area contributed by atoms with Gasteiger partial charge in [0.15, 0.2) is 0 Å². The van der Waals surface area contributed by atoms with Crippen molar-refractivity contribution < 1.29 is 5.11 Å². The van der Waals surface area contributed by atoms with Crippen molar-refractivity contribution in [3.05, 3.63) is 0 Å². The summed E-state index contributed by atoms with van der Waals surface area (Å²) in [5.41, 5.74) is 0. The molecule has 0 heterocycles. The van der Waals surface area contributed by atoms with Gasteiger partial charge in [-0.25, -0.2) is 0 Å². The van der Waals surface area contributed by atoms with E-state index in [2.05, 4.69) is 24.2 Å². The zero-order chi connectivity index (χ0) is 11.5. The zero-order valence-corrected chi connectivity index (χ0v) is 10.7. The van der Waals surface area contributed by atoms with Gasteiger partial charge in [-0.3, -0.25) is 4.90 Å². The van der Waals surface area contributed by atoms with Crippen LogP contribution in [0.15, 0.2) is 0 Å². The van der Waals surface area contributed by atoms with E-state index in [1.54, 1.807) is 0 Å². The van der Waals surface area contributed by atoms with Crippen molar-refractivity contribution >= 4 is 0 Å². The number of nitrogens with zero attached hydrogens (tertiary/aromatic N) is 1. The Morgan fingerprint density at radius 2 is 1.94 bits per heavy atom. The molecule has 16 heavy (non-hydrogen) atoms. The molecule has 2 aliphatic rings. The molecule has 0 radical (unpaired) electrons. The predicted molar refractivity (Wildman–Crippen MR) is 66.5 cm³/mol. The van der Waals surface area contributed by atoms with Gasteiger partial charge in [-0.1, -0.05) is 12.8 Å². The number of aliphatic hydroxyl groups is 1. The van der Waals surface area contributed by atoms with Crippen LogP contribution in [0.2, 0.25) is 0 Å². The molecule has 0 aromatic heterocycles. The van der Waals surface area contributed by atoms with E-state index in [-0.39, 0.29) is 6.10 Å². The van der Waals surface area contributed by atoms with Crippen LogP contribution >= 0.6 is 0 Å². The van der Waals surface area contributed by atoms with Gasteiger partial charge in [0.25, 0.3) is 0 Å². The highest BCUT2D eigenvalue weighted by Gasteiger charge is 2.30. The number of nitrogens with one attached hydrogen (secondary N) is 1. The Morgan fingerprint density at radius 3 is 2.56 bits per heavy atom. The summed E-state index contributed by atoms with van der Waals surface area (Å²) in [6.45, 7) is 3.29. The maximum Gasteiger partial charge on any atom is 0.0693 e. The van der Waals surface area contributed by atoms with E-state index in [0.29, 0.717) is 12.1 Å². The van der Waals surface area contributed by atoms with E-state index in [4.69, 9.17) is 0 Å². The quantitative estimate of drug-likeness (QED) is 0.743. The lowest BCUT2D eigenvalue weighted by Crippen LogP contribution is -2.48. The van der Waals surface area contributed by atoms with Crippen molar-refractivity contribution in [1.29, 1.82) is 0 Å². The van der Waals surface area contributed by atoms with Gasteiger partial charge in [0, 0.05) is 24.7 Å². The van der Waals surface area contributed by atoms with Gasteiger partial charge in [0.2, 0.25) is 0 Å². The molecule has 3 nitrogen and oxygen atoms in total. The minimum atomic E-state index is -0.118. The van der Waals surface area contributed by atoms with Gasteiger partial charge in [-0.2, -0.15) is 0 Å². The van der Waals surface area contributed by atoms with Crippen LogP contribution in [0.4, 0.5) is 0 Å². The Bertz CT molecular complexity index is 218. The molecule has 2 N–H and O–H groups in total. The molecule has 3 heteroatoms. The molecule has 0 spiro atoms. The molecule has 0 aliphatic heterocycles. The summed E-state index contributed by atoms with van der Waals surface area (Å²) in [4.78, 5) is 2.47. The fourth-order valence-electron chi connectivity index (χ4n) is 2.66. The molecule has 0 saturated heterocycles. The van der Waals surface area contributed by atoms with Crippen molar-refractivity contribution in [2.45, 2.75) is 69.7 Å². The SMILES string of the molecule is CC(CNC1CCCCC1O)N(C)C1CC1. The van der Waals surface area contributed by atoms with Gasteiger partial charge >= 0.3 is 0 Å². The fourth-order valence-corrected chi connectivity index (χ4v) is 2.66. The number of aliphatic hydroxyl groups excluding tert-OH is 1. The first-order chi connectivity index (χ1) is 7.68. The lowest BCUT2D eigenvalue weighted by molar-refractivity contribution is 0.0864. The highest BCUT2D eigenvalue weighted by molar-refractivity contribution is 4.87. The summed E-state index contributed by atoms with van der Waals surface area (Å²) < 4.78 is 0. The van der Waals surface area contributed by atoms with Crippen LogP contribution in [0.5, 0.6) is 0 Å². The largest absolute Gasteiger partial charge is 0.392 e. The molecule has 3 unspecified atom stereocenters. The maximum atomic E-state index is 9.87. The molecule has 0 amide bonds. The number of hydrogen-bond donors (Lipinski definition) is 2. The van der Waals surface area contributed by atoms with Gasteiger partial charge in [0.1, 0.15) is 0 Å². The number of rotatable bonds is 5. The summed E-state index contributed by atoms with van der Waals surface area (Å²) in [6, 6.07) is 1.75. The van der Waals surface area contributed by atoms with Crippen LogP contribution in [0.3, 0.4) is 0 Å². The maximum absolute atomic E-state index is 9.87. The Hall–Kier alpha value is -0.120. The molecular formula is C13H26N2O. The first kappa shape index (κ1) is 12.3. The summed E-state index contributed by atoms with van der Waals surface area (Å²) >= 11 is 0. The number of likely N-dealkylation sites (N-methyl/N-ethyl adjacent to an activating group) is 1. The van der Waals surface area contributed by atoms with Crippen LogP contribution in [-0.2, 0) is 0 Å². The van der Waals surface area contributed by atoms with Crippen molar-refractivity contribution in [3.63, 3.8) is 0 Å². The highest BCUT2D eigenvalue weighted by atomic mass is 16.3. The molecule has 2 fully saturated rings. The molecule has 0 aromatic rings. The summed E-state index contributed by atoms with van der Waals surface area (Å²) in [5, 5.41) is 13.4. The van der Waals surface area contributed by atoms with E-state index >= 15 is 0 Å². The van der Waals surface area contributed by atoms with Crippen molar-refractivity contribution in [1.82, 2.24) is 10.2 Å². The van der Waals surface area contributed by atoms with E-state index < -0.39 is 0 Å². The van der Waals surface area contributed by atoms with E-state index in [9.17, 15) is 5.11 Å². The van der Waals surface area contributed by atoms with Crippen molar-refractivity contribution in [3.8, 4) is 0 Å². The molecule has 2 rings (SSSR count). The highest BCUT2D eigenvalue weighted by Crippen LogP contribution is 2.27. The van der Waals surface area contributed by atoms with Crippen molar-refractivity contribution in [2.24, 2.45) is 0 Å². The van der Waals surface area contributed by atoms with Crippen LogP contribution in [0, 0.1) is 0 Å². The minimum absolute atomic E-state index is 0.118. The standard InChI is InChI=1S/C13H26N2O/c1-10(15(2)11-7-8-11)9-14-12-5-3-4-6-13(12)16/h10-14,16H,3-9H2,1-2H3. The lowest BCUT2D eigenvalue weighted by atomic mass is 9.92. The molecule has 94 valence electrons. The second-order valence-electron chi connectivity index (χ2n) is 5.61. The Balaban J connectivity index is 1.68. The van der Waals surface area contributed by atoms with Gasteiger partial charge in [-0.15, -0.1) is 0 Å². The first-order valence-electron chi connectivity index (χ1n) is 6.82. The zero-order valence-electron chi connectivity index (χ0n) is 10.7. The average molecular weight is 226 g/mol. The van der Waals surface area contributed by atoms with E-state index in [1.165, 1.54) is 25.7 Å². The van der Waals surface area contributed by atoms with E-state index in [1.807, 2.05) is 0 Å². The van der Waals surface area contributed by atoms with Crippen LogP contribution in [0.25, 0.3) is 0 Å². The molecule has 0 aromatic carbocycles. The average Bonchev–Trinajstić information content (AvgIpc) is 3.10. The lowest BCUT2D eigenvalue weighted by Gasteiger charge is -2.32. The molecule has 0 bridgehead atoms. The topological polar surface area (TPSA) is 35.5 Å². The fraction of sp³-hybridized carbons (Fsp3) is 1.00. The number of hydrogen-bond acceptors (Lipinski definition) is 3. The smallest absolute Gasteiger partial charge is 0.0693 e. The van der Waals surface area contributed by atoms with Gasteiger partial charge in [0.05, 0.1) is 6.10 Å². The van der Waals surface area contributed by atoms with Gasteiger partial charge < -0.3 is 10.4 Å². The van der Waals surface area contributed by atoms with Crippen LogP contribution in [-0.4, -0.2) is 47.8 Å². The minimum Gasteiger partial charge on any atom is -0.392 e. The molecular weight excluding hydrogens is 200 g/mol. The molecule has 2 aliphatic carbocycles. The van der Waals surface area contributed by atoms with Crippen LogP contribution in [0.1, 0.15) is 45.4 Å². The summed E-state index contributed by atoms with van der Waals surface area (Å²) in [7, 11) is 2.22. The molecule has 2 saturated carbocycles. The second-order valence-corrected chi connectivity index (χ2v) is 5.61. The first-order valence-corrected chi connectivity index (χ1v) is 6.82. The molecule has 3 atom stereocenters. The van der Waals surface area contributed by atoms with Gasteiger partial charge in [-0.05, 0) is 39.7 Å². The second kappa shape index (κ2) is 5.48. The third-order valence-electron chi connectivity index (χ3n) is 4.22. The van der Waals surface area contributed by atoms with Crippen LogP contribution < -0.4 is 5.32 Å². The monoisotopic (exact) mass is 226 g/mol. The Morgan fingerprint density at radius 1 is 1.25 bits per heavy atom. The third kappa shape index (κ3) is 3.19. The summed E-state index contributed by atoms with van der Waals surface area (Å²) in [5.74, 6) is 0. The Kier molecular flexibility index (Phi) is 4.22. The van der Waals surface area contributed by atoms with Crippen molar-refractivity contribution in [2.75, 3.05) is 13.6 Å². The Labute approximate surface area is 99.2 Å².